The zero-order valence-electron chi connectivity index (χ0n) is 22.8. The zero-order valence-corrected chi connectivity index (χ0v) is 22.8. The van der Waals surface area contributed by atoms with Crippen LogP contribution in [0.2, 0.25) is 0 Å². The molecule has 1 amide bonds. The molecular formula is C31H37N3O4. The Hall–Kier alpha value is -3.42. The van der Waals surface area contributed by atoms with Gasteiger partial charge in [-0.2, -0.15) is 0 Å². The van der Waals surface area contributed by atoms with Gasteiger partial charge in [0, 0.05) is 54.3 Å². The lowest BCUT2D eigenvalue weighted by Gasteiger charge is -2.29. The van der Waals surface area contributed by atoms with Crippen LogP contribution in [0.15, 0.2) is 54.7 Å². The molecule has 7 heteroatoms. The van der Waals surface area contributed by atoms with Crippen LogP contribution in [0, 0.1) is 0 Å². The van der Waals surface area contributed by atoms with Gasteiger partial charge in [0.2, 0.25) is 0 Å². The number of aromatic nitrogens is 1. The molecule has 1 N–H and O–H groups in total. The first-order valence-electron chi connectivity index (χ1n) is 13.5. The van der Waals surface area contributed by atoms with Gasteiger partial charge in [-0.25, -0.2) is 4.79 Å². The third-order valence-electron chi connectivity index (χ3n) is 7.35. The van der Waals surface area contributed by atoms with Crippen molar-refractivity contribution >= 4 is 28.4 Å². The summed E-state index contributed by atoms with van der Waals surface area (Å²) in [5.74, 6) is -0.580. The zero-order chi connectivity index (χ0) is 26.9. The van der Waals surface area contributed by atoms with Crippen molar-refractivity contribution in [2.75, 3.05) is 39.4 Å². The number of aromatic amines is 1. The van der Waals surface area contributed by atoms with Crippen molar-refractivity contribution in [2.45, 2.75) is 45.6 Å². The van der Waals surface area contributed by atoms with Crippen LogP contribution < -0.4 is 0 Å². The van der Waals surface area contributed by atoms with Crippen molar-refractivity contribution in [3.05, 3.63) is 77.1 Å². The molecule has 7 nitrogen and oxygen atoms in total. The third-order valence-corrected chi connectivity index (χ3v) is 7.35. The van der Waals surface area contributed by atoms with Crippen molar-refractivity contribution in [1.82, 2.24) is 14.8 Å². The molecule has 200 valence electrons. The predicted molar refractivity (Wildman–Crippen MR) is 149 cm³/mol. The third kappa shape index (κ3) is 5.40. The first-order chi connectivity index (χ1) is 18.2. The molecule has 1 saturated heterocycles. The van der Waals surface area contributed by atoms with Crippen molar-refractivity contribution < 1.29 is 19.1 Å². The quantitative estimate of drug-likeness (QED) is 0.479. The lowest BCUT2D eigenvalue weighted by atomic mass is 9.81. The summed E-state index contributed by atoms with van der Waals surface area (Å²) in [7, 11) is 0. The smallest absolute Gasteiger partial charge is 0.342 e. The number of ether oxygens (including phenoxy) is 2. The summed E-state index contributed by atoms with van der Waals surface area (Å²) in [6.45, 7) is 12.8. The molecule has 38 heavy (non-hydrogen) atoms. The highest BCUT2D eigenvalue weighted by atomic mass is 16.5. The maximum Gasteiger partial charge on any atom is 0.342 e. The summed E-state index contributed by atoms with van der Waals surface area (Å²) in [4.78, 5) is 34.6. The molecule has 2 aromatic carbocycles. The standard InChI is InChI=1S/C31H37N3O4/c1-21(2)38-30(36)25-19-34(20-31(3,4)27-24-7-5-6-8-26(24)32-28(25)27)29(35)23-11-9-22(10-12-23)13-14-33-15-17-37-18-16-33/h5-12,19,21,32H,13-18,20H2,1-4H3. The molecular weight excluding hydrogens is 478 g/mol. The van der Waals surface area contributed by atoms with Crippen LogP contribution in [0.5, 0.6) is 0 Å². The minimum absolute atomic E-state index is 0.137. The number of H-pyrrole nitrogens is 1. The molecule has 2 aliphatic rings. The summed E-state index contributed by atoms with van der Waals surface area (Å²) >= 11 is 0. The fraction of sp³-hybridized carbons (Fsp3) is 0.419. The minimum atomic E-state index is -0.443. The van der Waals surface area contributed by atoms with Gasteiger partial charge in [0.15, 0.2) is 0 Å². The highest BCUT2D eigenvalue weighted by Crippen LogP contribution is 2.40. The van der Waals surface area contributed by atoms with E-state index in [2.05, 4.69) is 29.8 Å². The second-order valence-corrected chi connectivity index (χ2v) is 11.1. The van der Waals surface area contributed by atoms with E-state index >= 15 is 0 Å². The SMILES string of the molecule is CC(C)OC(=O)C1=CN(C(=O)c2ccc(CCN3CCOCC3)cc2)CC(C)(C)c2c1[nH]c1ccccc21. The molecule has 0 bridgehead atoms. The number of carbonyl (C=O) groups is 2. The molecule has 5 rings (SSSR count). The highest BCUT2D eigenvalue weighted by molar-refractivity contribution is 6.18. The van der Waals surface area contributed by atoms with Gasteiger partial charge in [0.25, 0.3) is 5.91 Å². The number of benzene rings is 2. The van der Waals surface area contributed by atoms with Crippen LogP contribution in [0.25, 0.3) is 16.5 Å². The second kappa shape index (κ2) is 10.8. The Morgan fingerprint density at radius 3 is 2.47 bits per heavy atom. The lowest BCUT2D eigenvalue weighted by molar-refractivity contribution is -0.140. The molecule has 0 saturated carbocycles. The molecule has 3 aromatic rings. The number of amides is 1. The van der Waals surface area contributed by atoms with Crippen LogP contribution in [0.3, 0.4) is 0 Å². The van der Waals surface area contributed by atoms with Gasteiger partial charge in [-0.1, -0.05) is 44.2 Å². The number of carbonyl (C=O) groups excluding carboxylic acids is 2. The van der Waals surface area contributed by atoms with Gasteiger partial charge < -0.3 is 19.4 Å². The molecule has 0 radical (unpaired) electrons. The van der Waals surface area contributed by atoms with E-state index in [-0.39, 0.29) is 12.0 Å². The van der Waals surface area contributed by atoms with Crippen molar-refractivity contribution in [1.29, 1.82) is 0 Å². The molecule has 0 spiro atoms. The predicted octanol–water partition coefficient (Wildman–Crippen LogP) is 4.77. The Labute approximate surface area is 224 Å². The Kier molecular flexibility index (Phi) is 7.41. The Morgan fingerprint density at radius 2 is 1.76 bits per heavy atom. The number of nitrogens with zero attached hydrogens (tertiary/aromatic N) is 2. The number of para-hydroxylation sites is 1. The van der Waals surface area contributed by atoms with E-state index in [1.165, 1.54) is 5.56 Å². The van der Waals surface area contributed by atoms with Crippen LogP contribution in [-0.4, -0.2) is 72.2 Å². The second-order valence-electron chi connectivity index (χ2n) is 11.1. The van der Waals surface area contributed by atoms with Crippen molar-refractivity contribution in [2.24, 2.45) is 0 Å². The average Bonchev–Trinajstić information content (AvgIpc) is 3.25. The minimum Gasteiger partial charge on any atom is -0.459 e. The van der Waals surface area contributed by atoms with E-state index in [1.807, 2.05) is 56.3 Å². The topological polar surface area (TPSA) is 74.9 Å². The summed E-state index contributed by atoms with van der Waals surface area (Å²) in [5.41, 5.74) is 4.44. The first-order valence-corrected chi connectivity index (χ1v) is 13.5. The largest absolute Gasteiger partial charge is 0.459 e. The maximum absolute atomic E-state index is 13.8. The fourth-order valence-electron chi connectivity index (χ4n) is 5.47. The normalized spacial score (nSPS) is 17.7. The monoisotopic (exact) mass is 515 g/mol. The lowest BCUT2D eigenvalue weighted by Crippen LogP contribution is -2.37. The summed E-state index contributed by atoms with van der Waals surface area (Å²) in [6, 6.07) is 15.9. The van der Waals surface area contributed by atoms with E-state index in [4.69, 9.17) is 9.47 Å². The van der Waals surface area contributed by atoms with Gasteiger partial charge in [-0.15, -0.1) is 0 Å². The molecule has 0 atom stereocenters. The molecule has 0 aliphatic carbocycles. The number of nitrogens with one attached hydrogen (secondary N) is 1. The maximum atomic E-state index is 13.8. The Morgan fingerprint density at radius 1 is 1.05 bits per heavy atom. The number of esters is 1. The first kappa shape index (κ1) is 26.2. The van der Waals surface area contributed by atoms with Crippen LogP contribution in [0.4, 0.5) is 0 Å². The number of fused-ring (bicyclic) bond motifs is 3. The number of hydrogen-bond acceptors (Lipinski definition) is 5. The molecule has 1 fully saturated rings. The number of hydrogen-bond donors (Lipinski definition) is 1. The molecule has 2 aliphatic heterocycles. The summed E-state index contributed by atoms with van der Waals surface area (Å²) in [6.07, 6.45) is 2.32. The van der Waals surface area contributed by atoms with Crippen LogP contribution in [0.1, 0.15) is 54.9 Å². The molecule has 3 heterocycles. The average molecular weight is 516 g/mol. The van der Waals surface area contributed by atoms with E-state index in [0.717, 1.165) is 61.4 Å². The van der Waals surface area contributed by atoms with Crippen LogP contribution in [-0.2, 0) is 26.1 Å². The van der Waals surface area contributed by atoms with Gasteiger partial charge in [0.1, 0.15) is 0 Å². The fourth-order valence-corrected chi connectivity index (χ4v) is 5.47. The van der Waals surface area contributed by atoms with E-state index in [0.29, 0.717) is 17.7 Å². The Bertz CT molecular complexity index is 1350. The highest BCUT2D eigenvalue weighted by Gasteiger charge is 2.37. The van der Waals surface area contributed by atoms with Crippen molar-refractivity contribution in [3.8, 4) is 0 Å². The summed E-state index contributed by atoms with van der Waals surface area (Å²) in [5, 5.41) is 1.05. The van der Waals surface area contributed by atoms with Crippen molar-refractivity contribution in [3.63, 3.8) is 0 Å². The van der Waals surface area contributed by atoms with Gasteiger partial charge in [-0.05, 0) is 49.6 Å². The van der Waals surface area contributed by atoms with Gasteiger partial charge in [0.05, 0.1) is 30.6 Å². The van der Waals surface area contributed by atoms with Gasteiger partial charge >= 0.3 is 5.97 Å². The number of rotatable bonds is 6. The van der Waals surface area contributed by atoms with E-state index in [9.17, 15) is 9.59 Å². The van der Waals surface area contributed by atoms with E-state index in [1.54, 1.807) is 11.1 Å². The Balaban J connectivity index is 1.44. The molecule has 0 unspecified atom stereocenters. The van der Waals surface area contributed by atoms with E-state index < -0.39 is 11.4 Å². The summed E-state index contributed by atoms with van der Waals surface area (Å²) < 4.78 is 11.0. The molecule has 1 aromatic heterocycles. The van der Waals surface area contributed by atoms with Gasteiger partial charge in [-0.3, -0.25) is 9.69 Å². The number of morpholine rings is 1. The van der Waals surface area contributed by atoms with Crippen LogP contribution >= 0.6 is 0 Å².